The number of nitrogens with zero attached hydrogens (tertiary/aromatic N) is 3. The molecule has 3 aromatic rings. The summed E-state index contributed by atoms with van der Waals surface area (Å²) < 4.78 is 15.5. The van der Waals surface area contributed by atoms with E-state index in [0.717, 1.165) is 12.8 Å². The number of halogens is 2. The van der Waals surface area contributed by atoms with Gasteiger partial charge >= 0.3 is 11.9 Å². The van der Waals surface area contributed by atoms with Crippen molar-refractivity contribution in [3.8, 4) is 11.1 Å². The molecule has 2 aromatic carbocycles. The van der Waals surface area contributed by atoms with Crippen LogP contribution in [0.15, 0.2) is 48.5 Å². The number of rotatable bonds is 13. The van der Waals surface area contributed by atoms with E-state index in [2.05, 4.69) is 10.5 Å². The first-order valence-electron chi connectivity index (χ1n) is 11.9. The highest BCUT2D eigenvalue weighted by atomic mass is 35.5. The average Bonchev–Trinajstić information content (AvgIpc) is 3.26. The van der Waals surface area contributed by atoms with Gasteiger partial charge in [-0.15, -0.1) is 0 Å². The number of hydrogen-bond donors (Lipinski definition) is 4. The molecule has 0 saturated carbocycles. The Morgan fingerprint density at radius 2 is 1.84 bits per heavy atom. The number of aryl methyl sites for hydroxylation is 1. The van der Waals surface area contributed by atoms with Gasteiger partial charge in [0, 0.05) is 22.8 Å². The minimum Gasteiger partial charge on any atom is -0.480 e. The number of benzene rings is 2. The SMILES string of the molecule is CCCCc1cc(C(=O)NN(Cc2ccc(-c3cc(Cl)ccc3F)cc2)CC(O)C(=O)O)nn1CC(=O)O. The van der Waals surface area contributed by atoms with Gasteiger partial charge in [-0.1, -0.05) is 49.2 Å². The maximum atomic E-state index is 14.2. The maximum absolute atomic E-state index is 14.2. The quantitative estimate of drug-likeness (QED) is 0.239. The number of aliphatic hydroxyl groups is 1. The van der Waals surface area contributed by atoms with Crippen LogP contribution in [0.4, 0.5) is 4.39 Å². The number of carbonyl (C=O) groups is 3. The molecule has 0 aliphatic heterocycles. The lowest BCUT2D eigenvalue weighted by Crippen LogP contribution is -2.47. The van der Waals surface area contributed by atoms with Crippen LogP contribution in [0, 0.1) is 5.82 Å². The van der Waals surface area contributed by atoms with Gasteiger partial charge < -0.3 is 15.3 Å². The van der Waals surface area contributed by atoms with Gasteiger partial charge in [-0.3, -0.25) is 19.7 Å². The zero-order valence-electron chi connectivity index (χ0n) is 20.6. The summed E-state index contributed by atoms with van der Waals surface area (Å²) >= 11 is 5.98. The van der Waals surface area contributed by atoms with Crippen LogP contribution in [0.1, 0.15) is 41.5 Å². The zero-order valence-corrected chi connectivity index (χ0v) is 21.4. The number of hydrazine groups is 1. The Kier molecular flexibility index (Phi) is 9.94. The molecule has 0 aliphatic carbocycles. The van der Waals surface area contributed by atoms with Gasteiger partial charge in [0.25, 0.3) is 5.91 Å². The second-order valence-corrected chi connectivity index (χ2v) is 9.11. The van der Waals surface area contributed by atoms with Crippen molar-refractivity contribution in [2.45, 2.75) is 45.4 Å². The lowest BCUT2D eigenvalue weighted by atomic mass is 10.0. The number of nitrogens with one attached hydrogen (secondary N) is 1. The van der Waals surface area contributed by atoms with E-state index in [0.29, 0.717) is 33.8 Å². The summed E-state index contributed by atoms with van der Waals surface area (Å²) in [6.45, 7) is 1.14. The predicted octanol–water partition coefficient (Wildman–Crippen LogP) is 3.36. The molecule has 1 amide bonds. The number of carboxylic acids is 2. The normalized spacial score (nSPS) is 11.9. The molecule has 4 N–H and O–H groups in total. The number of aromatic nitrogens is 2. The fourth-order valence-electron chi connectivity index (χ4n) is 3.76. The molecule has 0 fully saturated rings. The minimum atomic E-state index is -1.79. The molecule has 3 rings (SSSR count). The van der Waals surface area contributed by atoms with Crippen LogP contribution in [0.3, 0.4) is 0 Å². The molecule has 38 heavy (non-hydrogen) atoms. The predicted molar refractivity (Wildman–Crippen MR) is 137 cm³/mol. The number of amides is 1. The molecule has 0 saturated heterocycles. The van der Waals surface area contributed by atoms with Crippen molar-refractivity contribution in [3.63, 3.8) is 0 Å². The van der Waals surface area contributed by atoms with Crippen molar-refractivity contribution in [2.75, 3.05) is 6.54 Å². The third-order valence-electron chi connectivity index (χ3n) is 5.67. The van der Waals surface area contributed by atoms with Crippen molar-refractivity contribution in [3.05, 3.63) is 76.3 Å². The van der Waals surface area contributed by atoms with Crippen molar-refractivity contribution >= 4 is 29.4 Å². The summed E-state index contributed by atoms with van der Waals surface area (Å²) in [5.41, 5.74) is 4.60. The Hall–Kier alpha value is -3.80. The van der Waals surface area contributed by atoms with E-state index >= 15 is 0 Å². The van der Waals surface area contributed by atoms with E-state index in [9.17, 15) is 23.9 Å². The third kappa shape index (κ3) is 7.85. The molecule has 1 unspecified atom stereocenters. The van der Waals surface area contributed by atoms with Crippen LogP contribution in [-0.4, -0.2) is 60.6 Å². The number of unbranched alkanes of at least 4 members (excludes halogenated alkanes) is 1. The molecule has 1 aromatic heterocycles. The van der Waals surface area contributed by atoms with Gasteiger partial charge in [0.1, 0.15) is 12.4 Å². The Bertz CT molecular complexity index is 1300. The highest BCUT2D eigenvalue weighted by Crippen LogP contribution is 2.26. The van der Waals surface area contributed by atoms with Gasteiger partial charge in [-0.05, 0) is 48.2 Å². The number of hydrogen-bond acceptors (Lipinski definition) is 6. The van der Waals surface area contributed by atoms with Gasteiger partial charge in [-0.2, -0.15) is 5.10 Å². The summed E-state index contributed by atoms with van der Waals surface area (Å²) in [6.07, 6.45) is 0.382. The molecule has 1 heterocycles. The smallest absolute Gasteiger partial charge is 0.333 e. The van der Waals surface area contributed by atoms with Crippen LogP contribution >= 0.6 is 11.6 Å². The number of carbonyl (C=O) groups excluding carboxylic acids is 1. The summed E-state index contributed by atoms with van der Waals surface area (Å²) in [5, 5.41) is 34.0. The van der Waals surface area contributed by atoms with E-state index in [-0.39, 0.29) is 12.2 Å². The van der Waals surface area contributed by atoms with Gasteiger partial charge in [0.05, 0.1) is 6.54 Å². The molecular formula is C26H28ClFN4O6. The zero-order chi connectivity index (χ0) is 27.8. The first-order chi connectivity index (χ1) is 18.1. The van der Waals surface area contributed by atoms with E-state index in [1.165, 1.54) is 34.0 Å². The minimum absolute atomic E-state index is 0.00686. The maximum Gasteiger partial charge on any atom is 0.333 e. The van der Waals surface area contributed by atoms with E-state index in [4.69, 9.17) is 21.8 Å². The van der Waals surface area contributed by atoms with Crippen LogP contribution < -0.4 is 5.43 Å². The van der Waals surface area contributed by atoms with Crippen molar-refractivity contribution in [1.29, 1.82) is 0 Å². The second-order valence-electron chi connectivity index (χ2n) is 8.67. The molecule has 202 valence electrons. The van der Waals surface area contributed by atoms with Crippen molar-refractivity contribution < 1.29 is 34.1 Å². The van der Waals surface area contributed by atoms with Crippen LogP contribution in [-0.2, 0) is 29.1 Å². The Balaban J connectivity index is 1.80. The molecule has 10 nitrogen and oxygen atoms in total. The highest BCUT2D eigenvalue weighted by molar-refractivity contribution is 6.30. The topological polar surface area (TPSA) is 145 Å². The van der Waals surface area contributed by atoms with Crippen LogP contribution in [0.25, 0.3) is 11.1 Å². The number of aliphatic hydroxyl groups excluding tert-OH is 1. The fourth-order valence-corrected chi connectivity index (χ4v) is 3.93. The highest BCUT2D eigenvalue weighted by Gasteiger charge is 2.23. The van der Waals surface area contributed by atoms with Gasteiger partial charge in [-0.25, -0.2) is 14.2 Å². The summed E-state index contributed by atoms with van der Waals surface area (Å²) in [6, 6.07) is 12.4. The van der Waals surface area contributed by atoms with Crippen molar-refractivity contribution in [1.82, 2.24) is 20.2 Å². The standard InChI is InChI=1S/C26H28ClFN4O6/c1-2-3-4-19-12-22(29-32(19)15-24(34)35)25(36)30-31(14-23(33)26(37)38)13-16-5-7-17(8-6-16)20-11-18(27)9-10-21(20)28/h5-12,23,33H,2-4,13-15H2,1H3,(H,30,36)(H,34,35)(H,37,38). The first kappa shape index (κ1) is 28.8. The molecule has 0 spiro atoms. The lowest BCUT2D eigenvalue weighted by molar-refractivity contribution is -0.148. The summed E-state index contributed by atoms with van der Waals surface area (Å²) in [7, 11) is 0. The molecule has 1 atom stereocenters. The molecule has 0 bridgehead atoms. The molecular weight excluding hydrogens is 519 g/mol. The average molecular weight is 547 g/mol. The van der Waals surface area contributed by atoms with E-state index in [1.54, 1.807) is 24.3 Å². The fraction of sp³-hybridized carbons (Fsp3) is 0.308. The lowest BCUT2D eigenvalue weighted by Gasteiger charge is -2.24. The van der Waals surface area contributed by atoms with E-state index in [1.807, 2.05) is 6.92 Å². The van der Waals surface area contributed by atoms with Crippen LogP contribution in [0.2, 0.25) is 5.02 Å². The summed E-state index contributed by atoms with van der Waals surface area (Å²) in [4.78, 5) is 35.4. The van der Waals surface area contributed by atoms with Crippen LogP contribution in [0.5, 0.6) is 0 Å². The number of carboxylic acid groups (broad SMARTS) is 2. The van der Waals surface area contributed by atoms with Gasteiger partial charge in [0.2, 0.25) is 0 Å². The van der Waals surface area contributed by atoms with E-state index < -0.39 is 42.9 Å². The number of aliphatic carboxylic acids is 2. The molecule has 0 aliphatic rings. The second kappa shape index (κ2) is 13.1. The van der Waals surface area contributed by atoms with Crippen molar-refractivity contribution in [2.24, 2.45) is 0 Å². The Morgan fingerprint density at radius 1 is 1.13 bits per heavy atom. The largest absolute Gasteiger partial charge is 0.480 e. The Morgan fingerprint density at radius 3 is 2.47 bits per heavy atom. The molecule has 0 radical (unpaired) electrons. The monoisotopic (exact) mass is 546 g/mol. The van der Waals surface area contributed by atoms with Gasteiger partial charge in [0.15, 0.2) is 11.8 Å². The Labute approximate surface area is 223 Å². The molecule has 12 heteroatoms. The third-order valence-corrected chi connectivity index (χ3v) is 5.91. The summed E-state index contributed by atoms with van der Waals surface area (Å²) in [5.74, 6) is -3.71. The first-order valence-corrected chi connectivity index (χ1v) is 12.2.